The molecule has 0 spiro atoms. The lowest BCUT2D eigenvalue weighted by Gasteiger charge is -2.23. The fourth-order valence-electron chi connectivity index (χ4n) is 5.19. The Kier molecular flexibility index (Phi) is 9.19. The van der Waals surface area contributed by atoms with Crippen LogP contribution in [-0.4, -0.2) is 66.4 Å². The van der Waals surface area contributed by atoms with Crippen molar-refractivity contribution in [1.29, 1.82) is 0 Å². The quantitative estimate of drug-likeness (QED) is 0.330. The summed E-state index contributed by atoms with van der Waals surface area (Å²) in [5.41, 5.74) is 1.88. The largest absolute Gasteiger partial charge is 0.494 e. The van der Waals surface area contributed by atoms with E-state index in [0.29, 0.717) is 38.6 Å². The molecule has 9 heteroatoms. The van der Waals surface area contributed by atoms with Gasteiger partial charge in [0.05, 0.1) is 18.8 Å². The Bertz CT molecular complexity index is 973. The van der Waals surface area contributed by atoms with Crippen LogP contribution in [0, 0.1) is 5.92 Å². The number of fused-ring (bicyclic) bond motifs is 2. The second-order valence-corrected chi connectivity index (χ2v) is 9.95. The van der Waals surface area contributed by atoms with Gasteiger partial charge in [0.2, 0.25) is 17.8 Å². The Morgan fingerprint density at radius 2 is 1.94 bits per heavy atom. The molecule has 2 amide bonds. The van der Waals surface area contributed by atoms with Gasteiger partial charge in [0.15, 0.2) is 0 Å². The highest BCUT2D eigenvalue weighted by atomic mass is 16.5. The molecule has 4 rings (SSSR count). The van der Waals surface area contributed by atoms with Gasteiger partial charge in [-0.15, -0.1) is 0 Å². The van der Waals surface area contributed by atoms with Crippen LogP contribution in [-0.2, 0) is 25.7 Å². The van der Waals surface area contributed by atoms with Gasteiger partial charge in [0, 0.05) is 32.0 Å². The average molecular weight is 499 g/mol. The first-order valence-corrected chi connectivity index (χ1v) is 13.3. The minimum absolute atomic E-state index is 0.0358. The smallest absolute Gasteiger partial charge is 0.302 e. The maximum Gasteiger partial charge on any atom is 0.302 e. The molecular formula is C27H38N4O5. The first-order valence-electron chi connectivity index (χ1n) is 13.3. The number of ether oxygens (including phenoxy) is 2. The van der Waals surface area contributed by atoms with Crippen molar-refractivity contribution in [1.82, 2.24) is 15.1 Å². The third-order valence-corrected chi connectivity index (χ3v) is 7.11. The molecule has 1 saturated heterocycles. The Balaban J connectivity index is 1.17. The van der Waals surface area contributed by atoms with Gasteiger partial charge in [-0.05, 0) is 49.8 Å². The normalized spacial score (nSPS) is 16.8. The van der Waals surface area contributed by atoms with Crippen LogP contribution >= 0.6 is 0 Å². The number of unbranched alkanes of at least 4 members (excludes halogenated alkanes) is 1. The molecular weight excluding hydrogens is 460 g/mol. The molecule has 1 aliphatic carbocycles. The summed E-state index contributed by atoms with van der Waals surface area (Å²) in [4.78, 5) is 43.9. The number of carbonyl (C=O) groups is 3. The molecule has 1 aromatic rings. The Hall–Kier alpha value is -3.10. The molecule has 0 atom stereocenters. The van der Waals surface area contributed by atoms with Crippen molar-refractivity contribution in [3.05, 3.63) is 23.8 Å². The van der Waals surface area contributed by atoms with E-state index in [2.05, 4.69) is 10.3 Å². The molecule has 1 saturated carbocycles. The van der Waals surface area contributed by atoms with E-state index in [0.717, 1.165) is 48.7 Å². The molecule has 196 valence electrons. The van der Waals surface area contributed by atoms with E-state index < -0.39 is 0 Å². The molecule has 3 aliphatic rings. The summed E-state index contributed by atoms with van der Waals surface area (Å²) in [6.07, 6.45) is 9.45. The maximum absolute atomic E-state index is 12.9. The van der Waals surface area contributed by atoms with Crippen LogP contribution in [0.4, 0.5) is 5.69 Å². The number of nitrogens with zero attached hydrogens (tertiary/aromatic N) is 3. The van der Waals surface area contributed by atoms with Crippen molar-refractivity contribution in [3.63, 3.8) is 0 Å². The number of benzene rings is 1. The van der Waals surface area contributed by atoms with Crippen LogP contribution in [0.1, 0.15) is 70.3 Å². The number of hydrogen-bond donors (Lipinski definition) is 1. The highest BCUT2D eigenvalue weighted by molar-refractivity contribution is 6.05. The zero-order valence-electron chi connectivity index (χ0n) is 21.3. The second-order valence-electron chi connectivity index (χ2n) is 9.95. The molecule has 36 heavy (non-hydrogen) atoms. The highest BCUT2D eigenvalue weighted by Crippen LogP contribution is 2.31. The first-order chi connectivity index (χ1) is 17.5. The van der Waals surface area contributed by atoms with E-state index in [-0.39, 0.29) is 24.4 Å². The van der Waals surface area contributed by atoms with Gasteiger partial charge < -0.3 is 19.3 Å². The van der Waals surface area contributed by atoms with Crippen LogP contribution in [0.15, 0.2) is 23.2 Å². The summed E-state index contributed by atoms with van der Waals surface area (Å²) in [5, 5.41) is 2.77. The molecule has 2 aliphatic heterocycles. The zero-order chi connectivity index (χ0) is 25.3. The van der Waals surface area contributed by atoms with Gasteiger partial charge in [-0.1, -0.05) is 25.7 Å². The van der Waals surface area contributed by atoms with E-state index in [9.17, 15) is 14.4 Å². The monoisotopic (exact) mass is 498 g/mol. The third kappa shape index (κ3) is 7.45. The van der Waals surface area contributed by atoms with E-state index in [1.54, 1.807) is 0 Å². The molecule has 0 bridgehead atoms. The van der Waals surface area contributed by atoms with Crippen LogP contribution in [0.5, 0.6) is 5.75 Å². The number of aliphatic imine (C=N–C) groups is 1. The van der Waals surface area contributed by atoms with Crippen molar-refractivity contribution in [2.75, 3.05) is 32.8 Å². The number of rotatable bonds is 13. The summed E-state index contributed by atoms with van der Waals surface area (Å²) in [7, 11) is 0. The van der Waals surface area contributed by atoms with Gasteiger partial charge in [-0.25, -0.2) is 4.99 Å². The van der Waals surface area contributed by atoms with Gasteiger partial charge in [0.25, 0.3) is 0 Å². The number of hydrogen-bond acceptors (Lipinski definition) is 7. The van der Waals surface area contributed by atoms with Crippen LogP contribution in [0.3, 0.4) is 0 Å². The Labute approximate surface area is 213 Å². The van der Waals surface area contributed by atoms with Gasteiger partial charge in [-0.2, -0.15) is 0 Å². The van der Waals surface area contributed by atoms with Gasteiger partial charge >= 0.3 is 5.97 Å². The van der Waals surface area contributed by atoms with E-state index >= 15 is 0 Å². The van der Waals surface area contributed by atoms with E-state index in [4.69, 9.17) is 9.47 Å². The SMILES string of the molecule is CC(=O)OCCN(CCCC1CCCC1)C(=O)CCCCOc1ccc2c(c1)CN1CC(=O)NC1=N2. The molecule has 0 radical (unpaired) electrons. The predicted molar refractivity (Wildman–Crippen MR) is 136 cm³/mol. The van der Waals surface area contributed by atoms with Crippen molar-refractivity contribution >= 4 is 29.4 Å². The summed E-state index contributed by atoms with van der Waals surface area (Å²) >= 11 is 0. The number of amides is 2. The number of nitrogens with one attached hydrogen (secondary N) is 1. The minimum Gasteiger partial charge on any atom is -0.494 e. The standard InChI is InChI=1S/C27H38N4O5/c1-20(32)35-16-14-30(13-6-9-21-7-2-3-8-21)26(34)10-4-5-15-36-23-11-12-24-22(17-23)18-31-19-25(33)29-27(31)28-24/h11-12,17,21H,2-10,13-16,18-19H2,1H3,(H,28,29,33). The lowest BCUT2D eigenvalue weighted by atomic mass is 10.0. The van der Waals surface area contributed by atoms with Gasteiger partial charge in [0.1, 0.15) is 18.9 Å². The van der Waals surface area contributed by atoms with Gasteiger partial charge in [-0.3, -0.25) is 19.7 Å². The van der Waals surface area contributed by atoms with Crippen LogP contribution < -0.4 is 10.1 Å². The first kappa shape index (κ1) is 26.0. The van der Waals surface area contributed by atoms with Crippen molar-refractivity contribution < 1.29 is 23.9 Å². The minimum atomic E-state index is -0.314. The third-order valence-electron chi connectivity index (χ3n) is 7.11. The number of carbonyl (C=O) groups excluding carboxylic acids is 3. The van der Waals surface area contributed by atoms with Crippen molar-refractivity contribution in [2.24, 2.45) is 10.9 Å². The lowest BCUT2D eigenvalue weighted by Crippen LogP contribution is -2.35. The Morgan fingerprint density at radius 1 is 1.11 bits per heavy atom. The highest BCUT2D eigenvalue weighted by Gasteiger charge is 2.29. The summed E-state index contributed by atoms with van der Waals surface area (Å²) in [6, 6.07) is 5.78. The van der Waals surface area contributed by atoms with Crippen LogP contribution in [0.2, 0.25) is 0 Å². The summed E-state index contributed by atoms with van der Waals surface area (Å²) < 4.78 is 11.0. The van der Waals surface area contributed by atoms with Crippen LogP contribution in [0.25, 0.3) is 0 Å². The molecule has 0 unspecified atom stereocenters. The maximum atomic E-state index is 12.9. The lowest BCUT2D eigenvalue weighted by molar-refractivity contribution is -0.143. The second kappa shape index (κ2) is 12.7. The van der Waals surface area contributed by atoms with E-state index in [1.807, 2.05) is 28.0 Å². The summed E-state index contributed by atoms with van der Waals surface area (Å²) in [6.45, 7) is 4.31. The fraction of sp³-hybridized carbons (Fsp3) is 0.630. The predicted octanol–water partition coefficient (Wildman–Crippen LogP) is 3.53. The number of guanidine groups is 1. The molecule has 0 aromatic heterocycles. The van der Waals surface area contributed by atoms with Crippen molar-refractivity contribution in [2.45, 2.75) is 71.3 Å². The molecule has 2 heterocycles. The van der Waals surface area contributed by atoms with E-state index in [1.165, 1.54) is 39.0 Å². The fourth-order valence-corrected chi connectivity index (χ4v) is 5.19. The summed E-state index contributed by atoms with van der Waals surface area (Å²) in [5.74, 6) is 1.96. The molecule has 9 nitrogen and oxygen atoms in total. The Morgan fingerprint density at radius 3 is 2.75 bits per heavy atom. The average Bonchev–Trinajstić information content (AvgIpc) is 3.49. The zero-order valence-corrected chi connectivity index (χ0v) is 21.3. The van der Waals surface area contributed by atoms with Crippen molar-refractivity contribution in [3.8, 4) is 5.75 Å². The molecule has 1 aromatic carbocycles. The topological polar surface area (TPSA) is 101 Å². The molecule has 1 N–H and O–H groups in total. The number of esters is 1. The molecule has 2 fully saturated rings.